The number of benzene rings is 1. The van der Waals surface area contributed by atoms with Crippen molar-refractivity contribution in [3.63, 3.8) is 0 Å². The van der Waals surface area contributed by atoms with E-state index in [1.54, 1.807) is 6.07 Å². The minimum atomic E-state index is -1.11. The highest BCUT2D eigenvalue weighted by atomic mass is 32.2. The van der Waals surface area contributed by atoms with Crippen LogP contribution in [-0.4, -0.2) is 18.9 Å². The van der Waals surface area contributed by atoms with Gasteiger partial charge < -0.3 is 4.98 Å². The van der Waals surface area contributed by atoms with Crippen LogP contribution in [-0.2, 0) is 17.4 Å². The molecule has 0 amide bonds. The van der Waals surface area contributed by atoms with Crippen LogP contribution in [0.2, 0.25) is 0 Å². The highest BCUT2D eigenvalue weighted by Gasteiger charge is 2.23. The number of aromatic nitrogens is 2. The van der Waals surface area contributed by atoms with Crippen molar-refractivity contribution < 1.29 is 4.21 Å². The normalized spacial score (nSPS) is 14.1. The Morgan fingerprint density at radius 1 is 1.15 bits per heavy atom. The van der Waals surface area contributed by atoms with E-state index in [0.717, 1.165) is 37.8 Å². The maximum Gasteiger partial charge on any atom is 0.250 e. The Hall–Kier alpha value is -1.79. The Balaban J connectivity index is 1.90. The first-order valence-electron chi connectivity index (χ1n) is 9.54. The van der Waals surface area contributed by atoms with Gasteiger partial charge in [0.2, 0.25) is 0 Å². The predicted octanol–water partition coefficient (Wildman–Crippen LogP) is 3.97. The van der Waals surface area contributed by atoms with Crippen molar-refractivity contribution in [3.8, 4) is 0 Å². The van der Waals surface area contributed by atoms with Gasteiger partial charge in [-0.05, 0) is 52.5 Å². The first kappa shape index (κ1) is 21.5. The third-order valence-electron chi connectivity index (χ3n) is 4.45. The molecule has 1 aromatic carbocycles. The number of aryl methyl sites for hydroxylation is 2. The Bertz CT molecular complexity index is 794. The van der Waals surface area contributed by atoms with E-state index in [1.807, 2.05) is 20.8 Å². The van der Waals surface area contributed by atoms with E-state index in [4.69, 9.17) is 0 Å². The Morgan fingerprint density at radius 3 is 2.48 bits per heavy atom. The van der Waals surface area contributed by atoms with Crippen molar-refractivity contribution in [2.24, 2.45) is 0 Å². The maximum absolute atomic E-state index is 12.6. The molecule has 0 aliphatic carbocycles. The van der Waals surface area contributed by atoms with Crippen LogP contribution in [0.15, 0.2) is 41.5 Å². The molecule has 2 rings (SSSR count). The Kier molecular flexibility index (Phi) is 7.92. The molecule has 2 unspecified atom stereocenters. The summed E-state index contributed by atoms with van der Waals surface area (Å²) in [5, 5.41) is 0. The second kappa shape index (κ2) is 9.95. The van der Waals surface area contributed by atoms with Gasteiger partial charge in [0.25, 0.3) is 5.56 Å². The van der Waals surface area contributed by atoms with E-state index in [1.165, 1.54) is 17.5 Å². The lowest BCUT2D eigenvalue weighted by Crippen LogP contribution is -2.35. The summed E-state index contributed by atoms with van der Waals surface area (Å²) in [6.45, 7) is 8.02. The van der Waals surface area contributed by atoms with Gasteiger partial charge in [0, 0.05) is 17.8 Å². The third kappa shape index (κ3) is 7.39. The molecule has 2 aromatic rings. The number of H-pyrrole nitrogens is 1. The van der Waals surface area contributed by atoms with Gasteiger partial charge in [0.05, 0.1) is 22.1 Å². The number of nitrogens with zero attached hydrogens (tertiary/aromatic N) is 1. The molecule has 0 saturated heterocycles. The molecule has 0 bridgehead atoms. The Labute approximate surface area is 164 Å². The van der Waals surface area contributed by atoms with Crippen LogP contribution in [0.4, 0.5) is 0 Å². The SMILES string of the molecule is Cc1ccc(C(CCCCCc2cc(=O)[nH]cn2)NS(=O)C(C)(C)C)cc1. The summed E-state index contributed by atoms with van der Waals surface area (Å²) < 4.78 is 15.6. The molecule has 2 N–H and O–H groups in total. The second-order valence-electron chi connectivity index (χ2n) is 7.96. The maximum atomic E-state index is 12.6. The molecule has 5 nitrogen and oxygen atoms in total. The van der Waals surface area contributed by atoms with Gasteiger partial charge in [0.15, 0.2) is 0 Å². The van der Waals surface area contributed by atoms with Crippen molar-refractivity contribution in [3.05, 3.63) is 63.8 Å². The molecule has 0 radical (unpaired) electrons. The lowest BCUT2D eigenvalue weighted by molar-refractivity contribution is 0.529. The molecular formula is C21H31N3O2S. The molecule has 2 atom stereocenters. The van der Waals surface area contributed by atoms with Crippen molar-refractivity contribution in [2.75, 3.05) is 0 Å². The number of rotatable bonds is 9. The van der Waals surface area contributed by atoms with Gasteiger partial charge in [-0.2, -0.15) is 0 Å². The van der Waals surface area contributed by atoms with Gasteiger partial charge in [-0.15, -0.1) is 0 Å². The smallest absolute Gasteiger partial charge is 0.250 e. The number of hydrogen-bond donors (Lipinski definition) is 2. The fourth-order valence-corrected chi connectivity index (χ4v) is 3.64. The number of unbranched alkanes of at least 4 members (excludes halogenated alkanes) is 2. The Morgan fingerprint density at radius 2 is 1.85 bits per heavy atom. The van der Waals surface area contributed by atoms with Crippen molar-refractivity contribution in [1.29, 1.82) is 0 Å². The van der Waals surface area contributed by atoms with Crippen LogP contribution in [0.25, 0.3) is 0 Å². The van der Waals surface area contributed by atoms with Crippen LogP contribution < -0.4 is 10.3 Å². The van der Waals surface area contributed by atoms with Crippen LogP contribution in [0.1, 0.15) is 69.3 Å². The average molecular weight is 390 g/mol. The number of aromatic amines is 1. The molecule has 0 aliphatic rings. The van der Waals surface area contributed by atoms with Crippen LogP contribution in [0.3, 0.4) is 0 Å². The van der Waals surface area contributed by atoms with E-state index in [2.05, 4.69) is 45.9 Å². The average Bonchev–Trinajstić information content (AvgIpc) is 2.60. The zero-order chi connectivity index (χ0) is 19.9. The van der Waals surface area contributed by atoms with E-state index in [0.29, 0.717) is 0 Å². The highest BCUT2D eigenvalue weighted by molar-refractivity contribution is 7.84. The summed E-state index contributed by atoms with van der Waals surface area (Å²) in [5.41, 5.74) is 3.13. The first-order valence-corrected chi connectivity index (χ1v) is 10.7. The van der Waals surface area contributed by atoms with E-state index in [-0.39, 0.29) is 16.3 Å². The molecule has 0 spiro atoms. The minimum absolute atomic E-state index is 0.0725. The number of nitrogens with one attached hydrogen (secondary N) is 2. The molecule has 1 aromatic heterocycles. The number of hydrogen-bond acceptors (Lipinski definition) is 3. The summed E-state index contributed by atoms with van der Waals surface area (Å²) in [6, 6.07) is 10.1. The largest absolute Gasteiger partial charge is 0.313 e. The summed E-state index contributed by atoms with van der Waals surface area (Å²) in [6.07, 6.45) is 6.24. The van der Waals surface area contributed by atoms with Gasteiger partial charge in [-0.3, -0.25) is 4.79 Å². The zero-order valence-corrected chi connectivity index (χ0v) is 17.6. The molecular weight excluding hydrogens is 358 g/mol. The van der Waals surface area contributed by atoms with E-state index in [9.17, 15) is 9.00 Å². The summed E-state index contributed by atoms with van der Waals surface area (Å²) in [7, 11) is -1.11. The fourth-order valence-electron chi connectivity index (χ4n) is 2.78. The second-order valence-corrected chi connectivity index (χ2v) is 9.96. The molecule has 0 saturated carbocycles. The first-order chi connectivity index (χ1) is 12.8. The van der Waals surface area contributed by atoms with Gasteiger partial charge in [-0.25, -0.2) is 13.9 Å². The molecule has 27 heavy (non-hydrogen) atoms. The predicted molar refractivity (Wildman–Crippen MR) is 112 cm³/mol. The monoisotopic (exact) mass is 389 g/mol. The van der Waals surface area contributed by atoms with Crippen LogP contribution in [0, 0.1) is 6.92 Å². The summed E-state index contributed by atoms with van der Waals surface area (Å²) in [5.74, 6) is 0. The van der Waals surface area contributed by atoms with Crippen molar-refractivity contribution in [1.82, 2.24) is 14.7 Å². The summed E-state index contributed by atoms with van der Waals surface area (Å²) in [4.78, 5) is 18.0. The van der Waals surface area contributed by atoms with Crippen molar-refractivity contribution in [2.45, 2.75) is 70.6 Å². The summed E-state index contributed by atoms with van der Waals surface area (Å²) >= 11 is 0. The third-order valence-corrected chi connectivity index (χ3v) is 6.06. The van der Waals surface area contributed by atoms with E-state index >= 15 is 0 Å². The minimum Gasteiger partial charge on any atom is -0.313 e. The zero-order valence-electron chi connectivity index (χ0n) is 16.7. The molecule has 0 aliphatic heterocycles. The quantitative estimate of drug-likeness (QED) is 0.637. The van der Waals surface area contributed by atoms with Crippen molar-refractivity contribution >= 4 is 11.0 Å². The highest BCUT2D eigenvalue weighted by Crippen LogP contribution is 2.23. The van der Waals surface area contributed by atoms with Gasteiger partial charge >= 0.3 is 0 Å². The van der Waals surface area contributed by atoms with Crippen LogP contribution >= 0.6 is 0 Å². The molecule has 1 heterocycles. The van der Waals surface area contributed by atoms with Gasteiger partial charge in [-0.1, -0.05) is 42.7 Å². The van der Waals surface area contributed by atoms with Gasteiger partial charge in [0.1, 0.15) is 0 Å². The lowest BCUT2D eigenvalue weighted by Gasteiger charge is -2.25. The molecule has 6 heteroatoms. The molecule has 0 fully saturated rings. The van der Waals surface area contributed by atoms with Crippen LogP contribution in [0.5, 0.6) is 0 Å². The lowest BCUT2D eigenvalue weighted by atomic mass is 9.99. The van der Waals surface area contributed by atoms with E-state index < -0.39 is 11.0 Å². The standard InChI is InChI=1S/C21H31N3O2S/c1-16-10-12-17(13-11-16)19(24-27(26)21(2,3)4)9-7-5-6-8-18-14-20(25)23-15-22-18/h10-15,19,24H,5-9H2,1-4H3,(H,22,23,25). The fraction of sp³-hybridized carbons (Fsp3) is 0.524. The topological polar surface area (TPSA) is 74.8 Å². The molecule has 148 valence electrons.